The molecule has 1 aliphatic rings. The number of hydrogen-bond donors (Lipinski definition) is 1. The number of hydrogen-bond acceptors (Lipinski definition) is 4. The van der Waals surface area contributed by atoms with E-state index in [4.69, 9.17) is 16.7 Å². The van der Waals surface area contributed by atoms with Crippen LogP contribution in [0.5, 0.6) is 0 Å². The van der Waals surface area contributed by atoms with Gasteiger partial charge >= 0.3 is 12.3 Å². The lowest BCUT2D eigenvalue weighted by Gasteiger charge is -2.31. The summed E-state index contributed by atoms with van der Waals surface area (Å²) in [6.07, 6.45) is -5.86. The molecule has 154 valence electrons. The minimum Gasteiger partial charge on any atom is -0.481 e. The van der Waals surface area contributed by atoms with Crippen molar-refractivity contribution in [2.24, 2.45) is 0 Å². The minimum absolute atomic E-state index is 0.0324. The first-order valence-electron chi connectivity index (χ1n) is 8.72. The summed E-state index contributed by atoms with van der Waals surface area (Å²) in [6, 6.07) is 10.0. The van der Waals surface area contributed by atoms with Crippen LogP contribution in [0.1, 0.15) is 34.8 Å². The number of halogens is 4. The molecule has 0 saturated carbocycles. The predicted octanol–water partition coefficient (Wildman–Crippen LogP) is 4.62. The number of benzene rings is 2. The lowest BCUT2D eigenvalue weighted by Crippen LogP contribution is -2.51. The van der Waals surface area contributed by atoms with Crippen molar-refractivity contribution in [3.05, 3.63) is 59.2 Å². The number of carboxylic acid groups (broad SMARTS) is 1. The van der Waals surface area contributed by atoms with E-state index in [0.717, 1.165) is 23.6 Å². The second-order valence-electron chi connectivity index (χ2n) is 6.59. The molecular weight excluding hydrogens is 411 g/mol. The molecule has 1 aliphatic carbocycles. The van der Waals surface area contributed by atoms with E-state index < -0.39 is 41.1 Å². The van der Waals surface area contributed by atoms with E-state index in [0.29, 0.717) is 12.0 Å². The number of Topliss-reactive ketones (excluding diaryl/α,β-unsaturated/α-hetero) is 1. The Morgan fingerprint density at radius 3 is 2.45 bits per heavy atom. The molecule has 0 amide bonds. The van der Waals surface area contributed by atoms with Gasteiger partial charge in [0.15, 0.2) is 5.78 Å². The number of carboxylic acids is 1. The van der Waals surface area contributed by atoms with Crippen molar-refractivity contribution in [2.75, 3.05) is 0 Å². The van der Waals surface area contributed by atoms with Gasteiger partial charge in [-0.05, 0) is 35.6 Å². The Bertz CT molecular complexity index is 946. The van der Waals surface area contributed by atoms with Crippen LogP contribution in [0.3, 0.4) is 0 Å². The van der Waals surface area contributed by atoms with Gasteiger partial charge in [-0.1, -0.05) is 59.1 Å². The predicted molar refractivity (Wildman–Crippen MR) is 99.3 cm³/mol. The molecule has 0 bridgehead atoms. The Morgan fingerprint density at radius 2 is 1.83 bits per heavy atom. The highest BCUT2D eigenvalue weighted by Crippen LogP contribution is 2.39. The quantitative estimate of drug-likeness (QED) is 0.258. The van der Waals surface area contributed by atoms with Crippen LogP contribution in [0.15, 0.2) is 42.5 Å². The van der Waals surface area contributed by atoms with E-state index in [1.807, 2.05) is 24.3 Å². The highest BCUT2D eigenvalue weighted by Gasteiger charge is 2.48. The zero-order valence-corrected chi connectivity index (χ0v) is 16.0. The molecule has 1 unspecified atom stereocenters. The number of aliphatic carboxylic acids is 1. The van der Waals surface area contributed by atoms with Crippen molar-refractivity contribution in [1.82, 2.24) is 5.06 Å². The second-order valence-corrected chi connectivity index (χ2v) is 7.20. The second kappa shape index (κ2) is 8.14. The lowest BCUT2D eigenvalue weighted by atomic mass is 9.93. The standard InChI is InChI=1S/C20H17ClF3NO4/c1-11(21)29-25(20(22,23)24)17(10-18(26)27)19(28)15-8-4-7-14-13-6-3-2-5-12(13)9-16(14)15/h2-8,11,17H,9-10H2,1H3,(H,26,27)/t11?,17-/m0/s1. The molecule has 2 atom stereocenters. The Kier molecular flexibility index (Phi) is 5.97. The van der Waals surface area contributed by atoms with Crippen molar-refractivity contribution in [2.45, 2.75) is 37.7 Å². The number of carbonyl (C=O) groups excluding carboxylic acids is 1. The molecular formula is C20H17ClF3NO4. The third-order valence-electron chi connectivity index (χ3n) is 4.58. The smallest absolute Gasteiger partial charge is 0.481 e. The minimum atomic E-state index is -5.13. The molecule has 0 spiro atoms. The summed E-state index contributed by atoms with van der Waals surface area (Å²) in [4.78, 5) is 29.0. The van der Waals surface area contributed by atoms with Gasteiger partial charge < -0.3 is 5.11 Å². The zero-order valence-electron chi connectivity index (χ0n) is 15.2. The summed E-state index contributed by atoms with van der Waals surface area (Å²) in [6.45, 7) is 1.14. The highest BCUT2D eigenvalue weighted by atomic mass is 35.5. The molecule has 0 fully saturated rings. The van der Waals surface area contributed by atoms with Crippen LogP contribution in [0.4, 0.5) is 13.2 Å². The Balaban J connectivity index is 2.05. The van der Waals surface area contributed by atoms with Crippen molar-refractivity contribution >= 4 is 23.4 Å². The number of nitrogens with zero attached hydrogens (tertiary/aromatic N) is 1. The van der Waals surface area contributed by atoms with Crippen molar-refractivity contribution in [3.8, 4) is 11.1 Å². The highest BCUT2D eigenvalue weighted by molar-refractivity contribution is 6.19. The van der Waals surface area contributed by atoms with Gasteiger partial charge in [-0.3, -0.25) is 14.4 Å². The molecule has 0 aromatic heterocycles. The maximum Gasteiger partial charge on any atom is 0.483 e. The molecule has 0 radical (unpaired) electrons. The van der Waals surface area contributed by atoms with E-state index in [1.54, 1.807) is 12.1 Å². The monoisotopic (exact) mass is 427 g/mol. The van der Waals surface area contributed by atoms with E-state index in [2.05, 4.69) is 4.84 Å². The van der Waals surface area contributed by atoms with Crippen LogP contribution < -0.4 is 0 Å². The molecule has 9 heteroatoms. The van der Waals surface area contributed by atoms with Crippen molar-refractivity contribution in [1.29, 1.82) is 0 Å². The van der Waals surface area contributed by atoms with Crippen LogP contribution >= 0.6 is 11.6 Å². The molecule has 29 heavy (non-hydrogen) atoms. The molecule has 0 heterocycles. The van der Waals surface area contributed by atoms with Crippen LogP contribution in [-0.4, -0.2) is 39.8 Å². The number of fused-ring (bicyclic) bond motifs is 3. The van der Waals surface area contributed by atoms with Gasteiger partial charge in [0, 0.05) is 5.56 Å². The summed E-state index contributed by atoms with van der Waals surface area (Å²) in [5.74, 6) is -2.56. The summed E-state index contributed by atoms with van der Waals surface area (Å²) in [7, 11) is 0. The van der Waals surface area contributed by atoms with E-state index in [-0.39, 0.29) is 5.56 Å². The van der Waals surface area contributed by atoms with Crippen LogP contribution in [0.2, 0.25) is 0 Å². The summed E-state index contributed by atoms with van der Waals surface area (Å²) in [5.41, 5.74) is 1.75. The van der Waals surface area contributed by atoms with Gasteiger partial charge in [-0.25, -0.2) is 0 Å². The number of carbonyl (C=O) groups is 2. The van der Waals surface area contributed by atoms with Gasteiger partial charge in [0.05, 0.1) is 6.42 Å². The zero-order chi connectivity index (χ0) is 21.3. The van der Waals surface area contributed by atoms with Gasteiger partial charge in [-0.15, -0.1) is 0 Å². The van der Waals surface area contributed by atoms with Gasteiger partial charge in [0.2, 0.25) is 0 Å². The first-order valence-corrected chi connectivity index (χ1v) is 9.16. The largest absolute Gasteiger partial charge is 0.483 e. The first kappa shape index (κ1) is 21.3. The maximum atomic E-state index is 13.5. The van der Waals surface area contributed by atoms with Gasteiger partial charge in [0.25, 0.3) is 0 Å². The Labute approximate surface area is 169 Å². The molecule has 1 N–H and O–H groups in total. The third-order valence-corrected chi connectivity index (χ3v) is 4.66. The van der Waals surface area contributed by atoms with Crippen LogP contribution in [-0.2, 0) is 16.1 Å². The summed E-state index contributed by atoms with van der Waals surface area (Å²) < 4.78 is 40.6. The fourth-order valence-corrected chi connectivity index (χ4v) is 3.57. The van der Waals surface area contributed by atoms with E-state index in [1.165, 1.54) is 6.07 Å². The summed E-state index contributed by atoms with van der Waals surface area (Å²) in [5, 5.41) is 8.56. The SMILES string of the molecule is CC(Cl)ON([C@@H](CC(=O)O)C(=O)c1cccc2c1Cc1ccccc1-2)C(F)(F)F. The van der Waals surface area contributed by atoms with Crippen molar-refractivity contribution < 1.29 is 32.7 Å². The van der Waals surface area contributed by atoms with Crippen molar-refractivity contribution in [3.63, 3.8) is 0 Å². The third kappa shape index (κ3) is 4.44. The first-order chi connectivity index (χ1) is 13.6. The number of hydroxylamine groups is 2. The molecule has 5 nitrogen and oxygen atoms in total. The molecule has 2 aromatic carbocycles. The number of ketones is 1. The average Bonchev–Trinajstić information content (AvgIpc) is 3.01. The van der Waals surface area contributed by atoms with E-state index >= 15 is 0 Å². The Morgan fingerprint density at radius 1 is 1.17 bits per heavy atom. The van der Waals surface area contributed by atoms with Gasteiger partial charge in [-0.2, -0.15) is 13.2 Å². The topological polar surface area (TPSA) is 66.8 Å². The fourth-order valence-electron chi connectivity index (χ4n) is 3.48. The maximum absolute atomic E-state index is 13.5. The molecule has 0 aliphatic heterocycles. The lowest BCUT2D eigenvalue weighted by molar-refractivity contribution is -0.384. The number of alkyl halides is 4. The summed E-state index contributed by atoms with van der Waals surface area (Å²) >= 11 is 5.54. The molecule has 3 rings (SSSR count). The number of rotatable bonds is 7. The molecule has 2 aromatic rings. The van der Waals surface area contributed by atoms with E-state index in [9.17, 15) is 22.8 Å². The van der Waals surface area contributed by atoms with Gasteiger partial charge in [0.1, 0.15) is 11.6 Å². The van der Waals surface area contributed by atoms with Crippen LogP contribution in [0.25, 0.3) is 11.1 Å². The average molecular weight is 428 g/mol. The molecule has 0 saturated heterocycles. The normalized spacial score (nSPS) is 15.0. The fraction of sp³-hybridized carbons (Fsp3) is 0.300. The van der Waals surface area contributed by atoms with Crippen LogP contribution in [0, 0.1) is 0 Å². The Hall–Kier alpha value is -2.42.